The van der Waals surface area contributed by atoms with E-state index >= 15 is 0 Å². The van der Waals surface area contributed by atoms with E-state index in [1.807, 2.05) is 0 Å². The number of nitro benzene ring substituents is 2. The van der Waals surface area contributed by atoms with Crippen LogP contribution in [0.1, 0.15) is 15.9 Å². The molecule has 0 bridgehead atoms. The minimum absolute atomic E-state index is 0.0683. The molecule has 0 saturated heterocycles. The van der Waals surface area contributed by atoms with E-state index in [0.29, 0.717) is 22.5 Å². The Morgan fingerprint density at radius 3 is 2.48 bits per heavy atom. The van der Waals surface area contributed by atoms with Crippen LogP contribution in [0.15, 0.2) is 60.9 Å². The van der Waals surface area contributed by atoms with E-state index in [2.05, 4.69) is 15.4 Å². The molecule has 154 valence electrons. The maximum absolute atomic E-state index is 12.8. The number of hydrogen-bond acceptors (Lipinski definition) is 7. The van der Waals surface area contributed by atoms with Crippen molar-refractivity contribution in [3.8, 4) is 11.3 Å². The van der Waals surface area contributed by atoms with Crippen LogP contribution < -0.4 is 5.32 Å². The van der Waals surface area contributed by atoms with Gasteiger partial charge in [-0.15, -0.1) is 0 Å². The summed E-state index contributed by atoms with van der Waals surface area (Å²) in [5, 5.41) is 28.9. The number of rotatable bonds is 5. The van der Waals surface area contributed by atoms with Crippen LogP contribution in [0, 0.1) is 27.2 Å². The number of carbonyl (C=O) groups excluding carboxylic acids is 1. The monoisotopic (exact) mass is 418 g/mol. The molecule has 0 fully saturated rings. The highest BCUT2D eigenvalue weighted by Gasteiger charge is 2.18. The first-order chi connectivity index (χ1) is 14.8. The molecule has 4 aromatic rings. The number of nitrogens with zero attached hydrogens (tertiary/aromatic N) is 5. The van der Waals surface area contributed by atoms with E-state index in [9.17, 15) is 25.0 Å². The van der Waals surface area contributed by atoms with Crippen LogP contribution in [0.4, 0.5) is 17.1 Å². The molecule has 2 aromatic carbocycles. The molecule has 0 aliphatic rings. The molecule has 2 heterocycles. The summed E-state index contributed by atoms with van der Waals surface area (Å²) in [4.78, 5) is 38.0. The van der Waals surface area contributed by atoms with Crippen LogP contribution in [0.2, 0.25) is 0 Å². The molecule has 1 N–H and O–H groups in total. The number of anilines is 1. The van der Waals surface area contributed by atoms with Gasteiger partial charge in [-0.2, -0.15) is 5.10 Å². The number of nitro groups is 2. The molecular formula is C20H14N6O5. The molecule has 2 aromatic heterocycles. The first-order valence-corrected chi connectivity index (χ1v) is 8.99. The van der Waals surface area contributed by atoms with E-state index in [4.69, 9.17) is 0 Å². The van der Waals surface area contributed by atoms with Crippen molar-refractivity contribution in [2.45, 2.75) is 6.92 Å². The van der Waals surface area contributed by atoms with Gasteiger partial charge in [0.25, 0.3) is 17.3 Å². The molecule has 31 heavy (non-hydrogen) atoms. The lowest BCUT2D eigenvalue weighted by Gasteiger charge is -2.08. The van der Waals surface area contributed by atoms with Crippen molar-refractivity contribution >= 4 is 28.6 Å². The summed E-state index contributed by atoms with van der Waals surface area (Å²) < 4.78 is 1.43. The summed E-state index contributed by atoms with van der Waals surface area (Å²) in [6, 6.07) is 11.8. The van der Waals surface area contributed by atoms with Gasteiger partial charge < -0.3 is 5.32 Å². The molecular weight excluding hydrogens is 404 g/mol. The average Bonchev–Trinajstić information content (AvgIpc) is 3.19. The van der Waals surface area contributed by atoms with Gasteiger partial charge in [-0.1, -0.05) is 12.1 Å². The fourth-order valence-electron chi connectivity index (χ4n) is 3.14. The Labute approximate surface area is 174 Å². The predicted molar refractivity (Wildman–Crippen MR) is 111 cm³/mol. The van der Waals surface area contributed by atoms with Crippen LogP contribution in [0.5, 0.6) is 0 Å². The number of carbonyl (C=O) groups is 1. The Balaban J connectivity index is 1.70. The SMILES string of the molecule is Cc1cc([N+](=O)[O-])ccc1NC(=O)c1cnn2c(-c3cccc([N+](=O)[O-])c3)ccnc12. The van der Waals surface area contributed by atoms with Crippen LogP contribution in [0.3, 0.4) is 0 Å². The highest BCUT2D eigenvalue weighted by molar-refractivity contribution is 6.08. The Hall–Kier alpha value is -4.67. The summed E-state index contributed by atoms with van der Waals surface area (Å²) >= 11 is 0. The van der Waals surface area contributed by atoms with Crippen LogP contribution in [-0.2, 0) is 0 Å². The molecule has 0 saturated carbocycles. The van der Waals surface area contributed by atoms with Gasteiger partial charge in [0.1, 0.15) is 5.56 Å². The lowest BCUT2D eigenvalue weighted by atomic mass is 10.1. The Morgan fingerprint density at radius 1 is 1.03 bits per heavy atom. The van der Waals surface area contributed by atoms with Crippen molar-refractivity contribution in [1.29, 1.82) is 0 Å². The summed E-state index contributed by atoms with van der Waals surface area (Å²) in [7, 11) is 0. The fourth-order valence-corrected chi connectivity index (χ4v) is 3.14. The lowest BCUT2D eigenvalue weighted by Crippen LogP contribution is -2.13. The van der Waals surface area contributed by atoms with Gasteiger partial charge in [0.2, 0.25) is 0 Å². The van der Waals surface area contributed by atoms with Gasteiger partial charge in [0.05, 0.1) is 21.7 Å². The minimum atomic E-state index is -0.511. The third kappa shape index (κ3) is 3.67. The summed E-state index contributed by atoms with van der Waals surface area (Å²) in [6.45, 7) is 1.65. The maximum atomic E-state index is 12.8. The first-order valence-electron chi connectivity index (χ1n) is 8.99. The molecule has 11 nitrogen and oxygen atoms in total. The van der Waals surface area contributed by atoms with Gasteiger partial charge in [-0.05, 0) is 24.6 Å². The van der Waals surface area contributed by atoms with Gasteiger partial charge >= 0.3 is 0 Å². The summed E-state index contributed by atoms with van der Waals surface area (Å²) in [6.07, 6.45) is 2.83. The van der Waals surface area contributed by atoms with E-state index < -0.39 is 15.8 Å². The van der Waals surface area contributed by atoms with Crippen molar-refractivity contribution < 1.29 is 14.6 Å². The smallest absolute Gasteiger partial charge is 0.270 e. The first kappa shape index (κ1) is 19.6. The van der Waals surface area contributed by atoms with Gasteiger partial charge in [0.15, 0.2) is 5.65 Å². The number of non-ortho nitro benzene ring substituents is 2. The van der Waals surface area contributed by atoms with Crippen molar-refractivity contribution in [2.75, 3.05) is 5.32 Å². The lowest BCUT2D eigenvalue weighted by molar-refractivity contribution is -0.385. The number of nitrogens with one attached hydrogen (secondary N) is 1. The largest absolute Gasteiger partial charge is 0.322 e. The summed E-state index contributed by atoms with van der Waals surface area (Å²) in [5.74, 6) is -0.490. The second-order valence-electron chi connectivity index (χ2n) is 6.64. The van der Waals surface area contributed by atoms with Gasteiger partial charge in [-0.3, -0.25) is 25.0 Å². The quantitative estimate of drug-likeness (QED) is 0.383. The van der Waals surface area contributed by atoms with E-state index in [1.165, 1.54) is 47.2 Å². The Bertz CT molecular complexity index is 1360. The third-order valence-corrected chi connectivity index (χ3v) is 4.67. The molecule has 0 spiro atoms. The highest BCUT2D eigenvalue weighted by Crippen LogP contribution is 2.26. The van der Waals surface area contributed by atoms with E-state index in [-0.39, 0.29) is 22.6 Å². The van der Waals surface area contributed by atoms with Crippen molar-refractivity contribution in [3.05, 3.63) is 92.3 Å². The molecule has 0 aliphatic heterocycles. The number of hydrogen-bond donors (Lipinski definition) is 1. The van der Waals surface area contributed by atoms with Gasteiger partial charge in [-0.25, -0.2) is 9.50 Å². The number of benzene rings is 2. The molecule has 0 radical (unpaired) electrons. The van der Waals surface area contributed by atoms with E-state index in [1.54, 1.807) is 25.1 Å². The minimum Gasteiger partial charge on any atom is -0.322 e. The topological polar surface area (TPSA) is 146 Å². The van der Waals surface area contributed by atoms with Crippen molar-refractivity contribution in [1.82, 2.24) is 14.6 Å². The normalized spacial score (nSPS) is 10.7. The van der Waals surface area contributed by atoms with Crippen LogP contribution in [0.25, 0.3) is 16.9 Å². The third-order valence-electron chi connectivity index (χ3n) is 4.67. The predicted octanol–water partition coefficient (Wildman–Crippen LogP) is 3.77. The molecule has 1 amide bonds. The molecule has 0 aliphatic carbocycles. The fraction of sp³-hybridized carbons (Fsp3) is 0.0500. The molecule has 0 atom stereocenters. The van der Waals surface area contributed by atoms with Crippen LogP contribution in [-0.4, -0.2) is 30.4 Å². The maximum Gasteiger partial charge on any atom is 0.270 e. The zero-order valence-corrected chi connectivity index (χ0v) is 16.1. The highest BCUT2D eigenvalue weighted by atomic mass is 16.6. The zero-order chi connectivity index (χ0) is 22.1. The van der Waals surface area contributed by atoms with Crippen molar-refractivity contribution in [3.63, 3.8) is 0 Å². The van der Waals surface area contributed by atoms with Crippen molar-refractivity contribution in [2.24, 2.45) is 0 Å². The summed E-state index contributed by atoms with van der Waals surface area (Å²) in [5.41, 5.74) is 2.33. The second kappa shape index (κ2) is 7.63. The average molecular weight is 418 g/mol. The van der Waals surface area contributed by atoms with E-state index in [0.717, 1.165) is 0 Å². The van der Waals surface area contributed by atoms with Gasteiger partial charge in [0, 0.05) is 41.7 Å². The number of aryl methyl sites for hydroxylation is 1. The molecule has 0 unspecified atom stereocenters. The number of amides is 1. The van der Waals surface area contributed by atoms with Crippen LogP contribution >= 0.6 is 0 Å². The molecule has 11 heteroatoms. The second-order valence-corrected chi connectivity index (χ2v) is 6.64. The Morgan fingerprint density at radius 2 is 1.77 bits per heavy atom. The molecule has 4 rings (SSSR count). The standard InChI is InChI=1S/C20H14N6O5/c1-12-9-15(26(30)31)5-6-17(12)23-20(27)16-11-22-24-18(7-8-21-19(16)24)13-3-2-4-14(10-13)25(28)29/h2-11H,1H3,(H,23,27). The number of fused-ring (bicyclic) bond motifs is 1. The Kier molecular flexibility index (Phi) is 4.83. The number of aromatic nitrogens is 3. The zero-order valence-electron chi connectivity index (χ0n) is 16.1.